The Hall–Kier alpha value is -1.60. The Balaban J connectivity index is 2.78. The SMILES string of the molecule is CCN(CC(=O)NC)CC(O)c1cccc(C(F)(F)F)c1. The number of benzene rings is 1. The summed E-state index contributed by atoms with van der Waals surface area (Å²) in [7, 11) is 1.50. The largest absolute Gasteiger partial charge is 0.416 e. The molecule has 1 atom stereocenters. The number of nitrogens with zero attached hydrogens (tertiary/aromatic N) is 1. The number of nitrogens with one attached hydrogen (secondary N) is 1. The number of hydrogen-bond acceptors (Lipinski definition) is 3. The van der Waals surface area contributed by atoms with Gasteiger partial charge in [-0.25, -0.2) is 0 Å². The van der Waals surface area contributed by atoms with E-state index >= 15 is 0 Å². The molecule has 1 aromatic rings. The number of aliphatic hydroxyl groups excluding tert-OH is 1. The van der Waals surface area contributed by atoms with Gasteiger partial charge in [0.1, 0.15) is 0 Å². The summed E-state index contributed by atoms with van der Waals surface area (Å²) in [5.74, 6) is -0.215. The van der Waals surface area contributed by atoms with Crippen molar-refractivity contribution in [2.45, 2.75) is 19.2 Å². The summed E-state index contributed by atoms with van der Waals surface area (Å²) in [4.78, 5) is 13.0. The Morgan fingerprint density at radius 3 is 2.62 bits per heavy atom. The second-order valence-corrected chi connectivity index (χ2v) is 4.64. The summed E-state index contributed by atoms with van der Waals surface area (Å²) < 4.78 is 37.9. The van der Waals surface area contributed by atoms with Gasteiger partial charge in [0.15, 0.2) is 0 Å². The third-order valence-electron chi connectivity index (χ3n) is 3.12. The Labute approximate surface area is 121 Å². The third-order valence-corrected chi connectivity index (χ3v) is 3.12. The van der Waals surface area contributed by atoms with Gasteiger partial charge < -0.3 is 10.4 Å². The van der Waals surface area contributed by atoms with Crippen molar-refractivity contribution in [1.29, 1.82) is 0 Å². The van der Waals surface area contributed by atoms with Gasteiger partial charge in [-0.15, -0.1) is 0 Å². The average molecular weight is 304 g/mol. The molecule has 4 nitrogen and oxygen atoms in total. The van der Waals surface area contributed by atoms with Gasteiger partial charge in [-0.2, -0.15) is 13.2 Å². The monoisotopic (exact) mass is 304 g/mol. The Morgan fingerprint density at radius 1 is 1.43 bits per heavy atom. The standard InChI is InChI=1S/C14H19F3N2O2/c1-3-19(9-13(21)18-2)8-12(20)10-5-4-6-11(7-10)14(15,16)17/h4-7,12,20H,3,8-9H2,1-2H3,(H,18,21). The first-order valence-corrected chi connectivity index (χ1v) is 6.56. The van der Waals surface area contributed by atoms with Crippen LogP contribution in [0.25, 0.3) is 0 Å². The Bertz CT molecular complexity index is 478. The van der Waals surface area contributed by atoms with Gasteiger partial charge in [0.25, 0.3) is 0 Å². The first-order chi connectivity index (χ1) is 9.77. The maximum atomic E-state index is 12.6. The predicted molar refractivity (Wildman–Crippen MR) is 72.6 cm³/mol. The van der Waals surface area contributed by atoms with Crippen LogP contribution in [-0.2, 0) is 11.0 Å². The molecule has 0 spiro atoms. The molecular formula is C14H19F3N2O2. The molecule has 0 bridgehead atoms. The number of halogens is 3. The van der Waals surface area contributed by atoms with Gasteiger partial charge in [-0.1, -0.05) is 19.1 Å². The number of carbonyl (C=O) groups is 1. The second kappa shape index (κ2) is 7.42. The zero-order chi connectivity index (χ0) is 16.0. The normalized spacial score (nSPS) is 13.3. The molecule has 0 aliphatic heterocycles. The van der Waals surface area contributed by atoms with Gasteiger partial charge in [-0.05, 0) is 24.2 Å². The molecule has 0 aliphatic rings. The van der Waals surface area contributed by atoms with Crippen LogP contribution in [0.3, 0.4) is 0 Å². The van der Waals surface area contributed by atoms with Gasteiger partial charge in [0, 0.05) is 13.6 Å². The van der Waals surface area contributed by atoms with Gasteiger partial charge >= 0.3 is 6.18 Å². The number of aliphatic hydroxyl groups is 1. The zero-order valence-electron chi connectivity index (χ0n) is 11.9. The number of amides is 1. The highest BCUT2D eigenvalue weighted by Gasteiger charge is 2.31. The predicted octanol–water partition coefficient (Wildman–Crippen LogP) is 1.81. The highest BCUT2D eigenvalue weighted by atomic mass is 19.4. The maximum Gasteiger partial charge on any atom is 0.416 e. The van der Waals surface area contributed by atoms with Crippen molar-refractivity contribution in [3.05, 3.63) is 35.4 Å². The summed E-state index contributed by atoms with van der Waals surface area (Å²) in [5, 5.41) is 12.5. The first kappa shape index (κ1) is 17.5. The Kier molecular flexibility index (Phi) is 6.17. The van der Waals surface area contributed by atoms with Crippen LogP contribution >= 0.6 is 0 Å². The lowest BCUT2D eigenvalue weighted by Crippen LogP contribution is -2.37. The molecular weight excluding hydrogens is 285 g/mol. The summed E-state index contributed by atoms with van der Waals surface area (Å²) >= 11 is 0. The van der Waals surface area contributed by atoms with E-state index in [-0.39, 0.29) is 24.6 Å². The molecule has 0 fully saturated rings. The van der Waals surface area contributed by atoms with E-state index in [1.807, 2.05) is 6.92 Å². The third kappa shape index (κ3) is 5.35. The van der Waals surface area contributed by atoms with Crippen LogP contribution in [0.4, 0.5) is 13.2 Å². The quantitative estimate of drug-likeness (QED) is 0.843. The van der Waals surface area contributed by atoms with E-state index < -0.39 is 17.8 Å². The van der Waals surface area contributed by atoms with Gasteiger partial charge in [0.05, 0.1) is 18.2 Å². The molecule has 0 saturated heterocycles. The van der Waals surface area contributed by atoms with E-state index in [9.17, 15) is 23.1 Å². The fourth-order valence-electron chi connectivity index (χ4n) is 1.86. The van der Waals surface area contributed by atoms with Crippen LogP contribution in [0.2, 0.25) is 0 Å². The van der Waals surface area contributed by atoms with E-state index in [0.29, 0.717) is 6.54 Å². The number of carbonyl (C=O) groups excluding carboxylic acids is 1. The number of likely N-dealkylation sites (N-methyl/N-ethyl adjacent to an activating group) is 2. The highest BCUT2D eigenvalue weighted by molar-refractivity contribution is 5.77. The molecule has 0 radical (unpaired) electrons. The summed E-state index contributed by atoms with van der Waals surface area (Å²) in [6.07, 6.45) is -5.53. The lowest BCUT2D eigenvalue weighted by Gasteiger charge is -2.23. The minimum Gasteiger partial charge on any atom is -0.387 e. The van der Waals surface area contributed by atoms with Crippen molar-refractivity contribution in [2.24, 2.45) is 0 Å². The molecule has 2 N–H and O–H groups in total. The minimum absolute atomic E-state index is 0.0863. The average Bonchev–Trinajstić information content (AvgIpc) is 2.45. The second-order valence-electron chi connectivity index (χ2n) is 4.64. The number of alkyl halides is 3. The van der Waals surface area contributed by atoms with Crippen LogP contribution in [-0.4, -0.2) is 42.6 Å². The van der Waals surface area contributed by atoms with Gasteiger partial charge in [0.2, 0.25) is 5.91 Å². The van der Waals surface area contributed by atoms with Gasteiger partial charge in [-0.3, -0.25) is 9.69 Å². The van der Waals surface area contributed by atoms with Crippen molar-refractivity contribution in [1.82, 2.24) is 10.2 Å². The van der Waals surface area contributed by atoms with Crippen LogP contribution < -0.4 is 5.32 Å². The molecule has 0 aromatic heterocycles. The molecule has 0 aliphatic carbocycles. The lowest BCUT2D eigenvalue weighted by molar-refractivity contribution is -0.137. The first-order valence-electron chi connectivity index (χ1n) is 6.56. The number of rotatable bonds is 6. The fraction of sp³-hybridized carbons (Fsp3) is 0.500. The molecule has 118 valence electrons. The van der Waals surface area contributed by atoms with E-state index in [0.717, 1.165) is 12.1 Å². The minimum atomic E-state index is -4.44. The molecule has 21 heavy (non-hydrogen) atoms. The summed E-state index contributed by atoms with van der Waals surface area (Å²) in [6.45, 7) is 2.49. The summed E-state index contributed by atoms with van der Waals surface area (Å²) in [6, 6.07) is 4.58. The molecule has 1 aromatic carbocycles. The van der Waals surface area contributed by atoms with E-state index in [1.54, 1.807) is 4.90 Å². The topological polar surface area (TPSA) is 52.6 Å². The molecule has 1 amide bonds. The lowest BCUT2D eigenvalue weighted by atomic mass is 10.1. The summed E-state index contributed by atoms with van der Waals surface area (Å²) in [5.41, 5.74) is -0.617. The maximum absolute atomic E-state index is 12.6. The molecule has 0 heterocycles. The van der Waals surface area contributed by atoms with E-state index in [4.69, 9.17) is 0 Å². The molecule has 0 saturated carbocycles. The van der Waals surface area contributed by atoms with E-state index in [2.05, 4.69) is 5.32 Å². The van der Waals surface area contributed by atoms with Crippen molar-refractivity contribution >= 4 is 5.91 Å². The molecule has 1 unspecified atom stereocenters. The zero-order valence-corrected chi connectivity index (χ0v) is 11.9. The Morgan fingerprint density at radius 2 is 2.10 bits per heavy atom. The number of hydrogen-bond donors (Lipinski definition) is 2. The van der Waals surface area contributed by atoms with E-state index in [1.165, 1.54) is 19.2 Å². The van der Waals surface area contributed by atoms with Crippen LogP contribution in [0.15, 0.2) is 24.3 Å². The highest BCUT2D eigenvalue weighted by Crippen LogP contribution is 2.30. The van der Waals surface area contributed by atoms with Crippen LogP contribution in [0.1, 0.15) is 24.2 Å². The molecule has 7 heteroatoms. The van der Waals surface area contributed by atoms with Crippen molar-refractivity contribution in [3.8, 4) is 0 Å². The van der Waals surface area contributed by atoms with Crippen molar-refractivity contribution < 1.29 is 23.1 Å². The fourth-order valence-corrected chi connectivity index (χ4v) is 1.86. The van der Waals surface area contributed by atoms with Crippen LogP contribution in [0.5, 0.6) is 0 Å². The van der Waals surface area contributed by atoms with Crippen molar-refractivity contribution in [2.75, 3.05) is 26.7 Å². The smallest absolute Gasteiger partial charge is 0.387 e. The van der Waals surface area contributed by atoms with Crippen LogP contribution in [0, 0.1) is 0 Å². The molecule has 1 rings (SSSR count). The van der Waals surface area contributed by atoms with Crippen molar-refractivity contribution in [3.63, 3.8) is 0 Å².